The summed E-state index contributed by atoms with van der Waals surface area (Å²) in [4.78, 5) is 0. The van der Waals surface area contributed by atoms with Crippen molar-refractivity contribution < 1.29 is 9.84 Å². The predicted octanol–water partition coefficient (Wildman–Crippen LogP) is 5.95. The maximum absolute atomic E-state index is 10.4. The zero-order valence-corrected chi connectivity index (χ0v) is 15.0. The van der Waals surface area contributed by atoms with E-state index in [2.05, 4.69) is 15.9 Å². The summed E-state index contributed by atoms with van der Waals surface area (Å²) in [6, 6.07) is 23.5. The zero-order valence-electron chi connectivity index (χ0n) is 13.4. The largest absolute Gasteiger partial charge is 0.494 e. The molecule has 0 saturated heterocycles. The van der Waals surface area contributed by atoms with Crippen LogP contribution in [0.5, 0.6) is 17.4 Å². The minimum atomic E-state index is 0.284. The second-order valence-electron chi connectivity index (χ2n) is 5.87. The van der Waals surface area contributed by atoms with Crippen molar-refractivity contribution in [1.82, 2.24) is 4.57 Å². The average molecular weight is 394 g/mol. The lowest BCUT2D eigenvalue weighted by Crippen LogP contribution is -1.97. The smallest absolute Gasteiger partial charge is 0.199 e. The third-order valence-electron chi connectivity index (χ3n) is 4.08. The summed E-state index contributed by atoms with van der Waals surface area (Å²) < 4.78 is 8.66. The van der Waals surface area contributed by atoms with E-state index in [0.29, 0.717) is 6.54 Å². The van der Waals surface area contributed by atoms with Crippen molar-refractivity contribution in [3.63, 3.8) is 0 Å². The predicted molar refractivity (Wildman–Crippen MR) is 103 cm³/mol. The second kappa shape index (κ2) is 6.65. The fourth-order valence-corrected chi connectivity index (χ4v) is 3.21. The Hall–Kier alpha value is -2.72. The van der Waals surface area contributed by atoms with E-state index in [1.807, 2.05) is 83.6 Å². The van der Waals surface area contributed by atoms with Crippen LogP contribution in [0.15, 0.2) is 83.5 Å². The SMILES string of the molecule is Oc1c2ccc(Br)cc2cn1Cc1ccc(Oc2ccccc2)cc1. The number of para-hydroxylation sites is 1. The van der Waals surface area contributed by atoms with Crippen molar-refractivity contribution in [2.24, 2.45) is 0 Å². The van der Waals surface area contributed by atoms with Crippen LogP contribution in [-0.4, -0.2) is 9.67 Å². The van der Waals surface area contributed by atoms with E-state index in [9.17, 15) is 5.11 Å². The lowest BCUT2D eigenvalue weighted by Gasteiger charge is -2.08. The molecule has 3 aromatic carbocycles. The van der Waals surface area contributed by atoms with Gasteiger partial charge in [0.1, 0.15) is 11.5 Å². The summed E-state index contributed by atoms with van der Waals surface area (Å²) in [5, 5.41) is 12.3. The third kappa shape index (κ3) is 3.39. The molecule has 4 rings (SSSR count). The van der Waals surface area contributed by atoms with Gasteiger partial charge in [0.2, 0.25) is 0 Å². The van der Waals surface area contributed by atoms with Crippen molar-refractivity contribution in [1.29, 1.82) is 0 Å². The fourth-order valence-electron chi connectivity index (χ4n) is 2.83. The van der Waals surface area contributed by atoms with E-state index in [4.69, 9.17) is 4.74 Å². The Bertz CT molecular complexity index is 1010. The number of nitrogens with zero attached hydrogens (tertiary/aromatic N) is 1. The van der Waals surface area contributed by atoms with Crippen molar-refractivity contribution in [2.75, 3.05) is 0 Å². The number of fused-ring (bicyclic) bond motifs is 1. The highest BCUT2D eigenvalue weighted by Gasteiger charge is 2.09. The molecule has 0 fully saturated rings. The summed E-state index contributed by atoms with van der Waals surface area (Å²) in [6.07, 6.45) is 1.96. The molecule has 0 unspecified atom stereocenters. The molecule has 1 aromatic heterocycles. The van der Waals surface area contributed by atoms with Gasteiger partial charge in [-0.2, -0.15) is 0 Å². The maximum atomic E-state index is 10.4. The van der Waals surface area contributed by atoms with Crippen LogP contribution in [-0.2, 0) is 6.54 Å². The number of ether oxygens (including phenoxy) is 1. The zero-order chi connectivity index (χ0) is 17.2. The summed E-state index contributed by atoms with van der Waals surface area (Å²) in [6.45, 7) is 0.601. The Kier molecular flexibility index (Phi) is 4.20. The van der Waals surface area contributed by atoms with Gasteiger partial charge < -0.3 is 14.4 Å². The highest BCUT2D eigenvalue weighted by Crippen LogP contribution is 2.30. The lowest BCUT2D eigenvalue weighted by molar-refractivity contribution is 0.430. The Balaban J connectivity index is 1.54. The van der Waals surface area contributed by atoms with Crippen molar-refractivity contribution in [3.05, 3.63) is 89.0 Å². The quantitative estimate of drug-likeness (QED) is 0.464. The molecule has 1 N–H and O–H groups in total. The molecule has 3 nitrogen and oxygen atoms in total. The van der Waals surface area contributed by atoms with Crippen molar-refractivity contribution >= 4 is 26.7 Å². The van der Waals surface area contributed by atoms with Gasteiger partial charge in [0, 0.05) is 21.4 Å². The van der Waals surface area contributed by atoms with Crippen LogP contribution < -0.4 is 4.74 Å². The molecule has 1 heterocycles. The van der Waals surface area contributed by atoms with Gasteiger partial charge in [-0.15, -0.1) is 0 Å². The van der Waals surface area contributed by atoms with Gasteiger partial charge in [0.25, 0.3) is 0 Å². The summed E-state index contributed by atoms with van der Waals surface area (Å²) in [5.41, 5.74) is 1.09. The molecule has 0 spiro atoms. The average Bonchev–Trinajstić information content (AvgIpc) is 2.92. The van der Waals surface area contributed by atoms with Crippen LogP contribution in [0.1, 0.15) is 5.56 Å². The van der Waals surface area contributed by atoms with Crippen molar-refractivity contribution in [3.8, 4) is 17.4 Å². The molecular weight excluding hydrogens is 378 g/mol. The Morgan fingerprint density at radius 1 is 0.880 bits per heavy atom. The molecule has 0 aliphatic rings. The number of aromatic hydroxyl groups is 1. The van der Waals surface area contributed by atoms with Crippen LogP contribution in [0.25, 0.3) is 10.8 Å². The first-order valence-corrected chi connectivity index (χ1v) is 8.77. The molecular formula is C21H16BrNO2. The number of hydrogen-bond donors (Lipinski definition) is 1. The normalized spacial score (nSPS) is 10.9. The summed E-state index contributed by atoms with van der Waals surface area (Å²) >= 11 is 3.46. The summed E-state index contributed by atoms with van der Waals surface area (Å²) in [7, 11) is 0. The molecule has 25 heavy (non-hydrogen) atoms. The molecule has 0 atom stereocenters. The van der Waals surface area contributed by atoms with Crippen LogP contribution >= 0.6 is 15.9 Å². The molecule has 0 radical (unpaired) electrons. The van der Waals surface area contributed by atoms with Gasteiger partial charge in [-0.05, 0) is 48.0 Å². The van der Waals surface area contributed by atoms with E-state index in [1.54, 1.807) is 0 Å². The van der Waals surface area contributed by atoms with Gasteiger partial charge in [-0.25, -0.2) is 0 Å². The monoisotopic (exact) mass is 393 g/mol. The van der Waals surface area contributed by atoms with Gasteiger partial charge in [-0.1, -0.05) is 46.3 Å². The highest BCUT2D eigenvalue weighted by molar-refractivity contribution is 9.10. The number of benzene rings is 3. The molecule has 0 bridgehead atoms. The Labute approximate surface area is 154 Å². The minimum Gasteiger partial charge on any atom is -0.494 e. The first kappa shape index (κ1) is 15.8. The van der Waals surface area contributed by atoms with Gasteiger partial charge in [0.05, 0.1) is 6.54 Å². The number of hydrogen-bond acceptors (Lipinski definition) is 2. The van der Waals surface area contributed by atoms with E-state index >= 15 is 0 Å². The number of halogens is 1. The number of rotatable bonds is 4. The van der Waals surface area contributed by atoms with Gasteiger partial charge >= 0.3 is 0 Å². The van der Waals surface area contributed by atoms with Gasteiger partial charge in [-0.3, -0.25) is 0 Å². The van der Waals surface area contributed by atoms with E-state index in [0.717, 1.165) is 32.3 Å². The van der Waals surface area contributed by atoms with Crippen LogP contribution in [0.3, 0.4) is 0 Å². The molecule has 0 amide bonds. The first-order valence-electron chi connectivity index (χ1n) is 7.98. The molecule has 0 aliphatic carbocycles. The van der Waals surface area contributed by atoms with E-state index in [-0.39, 0.29) is 5.88 Å². The second-order valence-corrected chi connectivity index (χ2v) is 6.79. The Morgan fingerprint density at radius 2 is 1.60 bits per heavy atom. The van der Waals surface area contributed by atoms with Crippen molar-refractivity contribution in [2.45, 2.75) is 6.54 Å². The van der Waals surface area contributed by atoms with Crippen LogP contribution in [0.4, 0.5) is 0 Å². The summed E-state index contributed by atoms with van der Waals surface area (Å²) in [5.74, 6) is 1.89. The number of aromatic nitrogens is 1. The Morgan fingerprint density at radius 3 is 2.36 bits per heavy atom. The molecule has 4 heteroatoms. The molecule has 124 valence electrons. The maximum Gasteiger partial charge on any atom is 0.199 e. The minimum absolute atomic E-state index is 0.284. The first-order chi connectivity index (χ1) is 12.2. The fraction of sp³-hybridized carbons (Fsp3) is 0.0476. The highest BCUT2D eigenvalue weighted by atomic mass is 79.9. The van der Waals surface area contributed by atoms with Crippen LogP contribution in [0.2, 0.25) is 0 Å². The molecule has 0 saturated carbocycles. The van der Waals surface area contributed by atoms with E-state index in [1.165, 1.54) is 0 Å². The third-order valence-corrected chi connectivity index (χ3v) is 4.57. The lowest BCUT2D eigenvalue weighted by atomic mass is 10.2. The topological polar surface area (TPSA) is 34.4 Å². The van der Waals surface area contributed by atoms with Gasteiger partial charge in [0.15, 0.2) is 5.88 Å². The van der Waals surface area contributed by atoms with Crippen LogP contribution in [0, 0.1) is 0 Å². The van der Waals surface area contributed by atoms with E-state index < -0.39 is 0 Å². The molecule has 4 aromatic rings. The molecule has 0 aliphatic heterocycles. The standard InChI is InChI=1S/C21H16BrNO2/c22-17-8-11-20-16(12-17)14-23(21(20)24)13-15-6-9-19(10-7-15)25-18-4-2-1-3-5-18/h1-12,14,24H,13H2.